The van der Waals surface area contributed by atoms with Gasteiger partial charge in [0, 0.05) is 17.5 Å². The monoisotopic (exact) mass is 211 g/mol. The summed E-state index contributed by atoms with van der Waals surface area (Å²) in [4.78, 5) is 13.5. The second kappa shape index (κ2) is 2.92. The highest BCUT2D eigenvalue weighted by Crippen LogP contribution is 2.31. The first kappa shape index (κ1) is 8.90. The van der Waals surface area contributed by atoms with E-state index in [1.165, 1.54) is 18.2 Å². The van der Waals surface area contributed by atoms with Gasteiger partial charge in [0.25, 0.3) is 0 Å². The summed E-state index contributed by atoms with van der Waals surface area (Å²) in [7, 11) is 0. The van der Waals surface area contributed by atoms with Crippen molar-refractivity contribution in [3.05, 3.63) is 33.6 Å². The fraction of sp³-hybridized carbons (Fsp3) is 0. The summed E-state index contributed by atoms with van der Waals surface area (Å²) >= 11 is 5.77. The van der Waals surface area contributed by atoms with Gasteiger partial charge < -0.3 is 15.2 Å². The van der Waals surface area contributed by atoms with Gasteiger partial charge in [-0.3, -0.25) is 4.79 Å². The van der Waals surface area contributed by atoms with E-state index < -0.39 is 0 Å². The molecule has 2 rings (SSSR count). The summed E-state index contributed by atoms with van der Waals surface area (Å²) < 4.78 is 0. The van der Waals surface area contributed by atoms with Crippen LogP contribution in [0.25, 0.3) is 10.9 Å². The Labute approximate surface area is 83.4 Å². The lowest BCUT2D eigenvalue weighted by molar-refractivity contribution is 0.405. The zero-order valence-electron chi connectivity index (χ0n) is 6.91. The van der Waals surface area contributed by atoms with Crippen molar-refractivity contribution in [2.75, 3.05) is 0 Å². The van der Waals surface area contributed by atoms with Gasteiger partial charge in [-0.2, -0.15) is 0 Å². The molecule has 0 fully saturated rings. The standard InChI is InChI=1S/C9H6ClNO3/c10-5-2-9(14)11-6-3-8(13)7(12)1-4(5)6/h1-3,12-13H,(H,11,14). The predicted octanol–water partition coefficient (Wildman–Crippen LogP) is 1.59. The number of hydrogen-bond acceptors (Lipinski definition) is 3. The molecule has 4 nitrogen and oxygen atoms in total. The molecular weight excluding hydrogens is 206 g/mol. The molecule has 0 radical (unpaired) electrons. The van der Waals surface area contributed by atoms with E-state index in [0.717, 1.165) is 0 Å². The number of hydrogen-bond donors (Lipinski definition) is 3. The molecular formula is C9H6ClNO3. The molecule has 0 atom stereocenters. The molecule has 1 aromatic carbocycles. The summed E-state index contributed by atoms with van der Waals surface area (Å²) in [5, 5.41) is 19.1. The van der Waals surface area contributed by atoms with Crippen LogP contribution in [-0.2, 0) is 0 Å². The molecule has 0 spiro atoms. The molecule has 0 amide bonds. The zero-order valence-corrected chi connectivity index (χ0v) is 7.67. The Morgan fingerprint density at radius 3 is 2.50 bits per heavy atom. The van der Waals surface area contributed by atoms with Crippen LogP contribution in [0.15, 0.2) is 23.0 Å². The number of phenols is 2. The van der Waals surface area contributed by atoms with Gasteiger partial charge in [-0.15, -0.1) is 0 Å². The first-order chi connectivity index (χ1) is 6.58. The van der Waals surface area contributed by atoms with E-state index in [1.807, 2.05) is 0 Å². The number of aromatic nitrogens is 1. The van der Waals surface area contributed by atoms with E-state index in [1.54, 1.807) is 0 Å². The van der Waals surface area contributed by atoms with Crippen molar-refractivity contribution < 1.29 is 10.2 Å². The SMILES string of the molecule is O=c1cc(Cl)c2cc(O)c(O)cc2[nH]1. The van der Waals surface area contributed by atoms with Crippen molar-refractivity contribution in [3.8, 4) is 11.5 Å². The van der Waals surface area contributed by atoms with Crippen LogP contribution in [0.4, 0.5) is 0 Å². The van der Waals surface area contributed by atoms with E-state index in [0.29, 0.717) is 10.9 Å². The van der Waals surface area contributed by atoms with Gasteiger partial charge in [0.1, 0.15) is 0 Å². The van der Waals surface area contributed by atoms with Gasteiger partial charge in [-0.25, -0.2) is 0 Å². The third-order valence-corrected chi connectivity index (χ3v) is 2.20. The zero-order chi connectivity index (χ0) is 10.3. The second-order valence-electron chi connectivity index (χ2n) is 2.87. The highest BCUT2D eigenvalue weighted by molar-refractivity contribution is 6.35. The summed E-state index contributed by atoms with van der Waals surface area (Å²) in [5.74, 6) is -0.568. The Balaban J connectivity index is 2.96. The lowest BCUT2D eigenvalue weighted by atomic mass is 10.2. The Morgan fingerprint density at radius 1 is 1.14 bits per heavy atom. The molecule has 0 saturated carbocycles. The van der Waals surface area contributed by atoms with Gasteiger partial charge in [-0.05, 0) is 6.07 Å². The van der Waals surface area contributed by atoms with E-state index in [-0.39, 0.29) is 22.1 Å². The van der Waals surface area contributed by atoms with Crippen molar-refractivity contribution in [1.29, 1.82) is 0 Å². The van der Waals surface area contributed by atoms with Crippen molar-refractivity contribution in [3.63, 3.8) is 0 Å². The molecule has 14 heavy (non-hydrogen) atoms. The van der Waals surface area contributed by atoms with Crippen molar-refractivity contribution >= 4 is 22.5 Å². The molecule has 0 unspecified atom stereocenters. The highest BCUT2D eigenvalue weighted by Gasteiger charge is 2.06. The van der Waals surface area contributed by atoms with Crippen LogP contribution in [0, 0.1) is 0 Å². The first-order valence-electron chi connectivity index (χ1n) is 3.82. The first-order valence-corrected chi connectivity index (χ1v) is 4.20. The highest BCUT2D eigenvalue weighted by atomic mass is 35.5. The quantitative estimate of drug-likeness (QED) is 0.580. The van der Waals surface area contributed by atoms with Gasteiger partial charge in [0.15, 0.2) is 11.5 Å². The number of H-pyrrole nitrogens is 1. The van der Waals surface area contributed by atoms with Crippen molar-refractivity contribution in [2.24, 2.45) is 0 Å². The summed E-state index contributed by atoms with van der Waals surface area (Å²) in [5.41, 5.74) is 0.0328. The topological polar surface area (TPSA) is 73.3 Å². The number of rotatable bonds is 0. The molecule has 1 aromatic heterocycles. The summed E-state index contributed by atoms with van der Waals surface area (Å²) in [6, 6.07) is 3.75. The van der Waals surface area contributed by atoms with Crippen LogP contribution in [-0.4, -0.2) is 15.2 Å². The van der Waals surface area contributed by atoms with Gasteiger partial charge in [0.2, 0.25) is 5.56 Å². The Morgan fingerprint density at radius 2 is 1.79 bits per heavy atom. The van der Waals surface area contributed by atoms with Gasteiger partial charge in [0.05, 0.1) is 10.5 Å². The smallest absolute Gasteiger partial charge is 0.249 e. The molecule has 1 heterocycles. The largest absolute Gasteiger partial charge is 0.504 e. The Hall–Kier alpha value is -1.68. The number of benzene rings is 1. The predicted molar refractivity (Wildman–Crippen MR) is 52.9 cm³/mol. The van der Waals surface area contributed by atoms with Crippen molar-refractivity contribution in [1.82, 2.24) is 4.98 Å². The minimum absolute atomic E-state index is 0.235. The lowest BCUT2D eigenvalue weighted by Crippen LogP contribution is -2.03. The summed E-state index contributed by atoms with van der Waals surface area (Å²) in [6.45, 7) is 0. The van der Waals surface area contributed by atoms with E-state index in [4.69, 9.17) is 11.6 Å². The number of aromatic hydroxyl groups is 2. The number of halogens is 1. The van der Waals surface area contributed by atoms with Crippen LogP contribution < -0.4 is 5.56 Å². The summed E-state index contributed by atoms with van der Waals surface area (Å²) in [6.07, 6.45) is 0. The third-order valence-electron chi connectivity index (χ3n) is 1.89. The molecule has 0 aliphatic carbocycles. The average Bonchev–Trinajstić information content (AvgIpc) is 2.08. The van der Waals surface area contributed by atoms with Crippen LogP contribution >= 0.6 is 11.6 Å². The van der Waals surface area contributed by atoms with Crippen molar-refractivity contribution in [2.45, 2.75) is 0 Å². The molecule has 0 aliphatic heterocycles. The van der Waals surface area contributed by atoms with Crippen LogP contribution in [0.2, 0.25) is 5.02 Å². The number of aromatic amines is 1. The third kappa shape index (κ3) is 1.29. The second-order valence-corrected chi connectivity index (χ2v) is 3.28. The number of pyridine rings is 1. The average molecular weight is 212 g/mol. The van der Waals surface area contributed by atoms with Gasteiger partial charge in [-0.1, -0.05) is 11.6 Å². The number of nitrogens with one attached hydrogen (secondary N) is 1. The maximum absolute atomic E-state index is 11.0. The van der Waals surface area contributed by atoms with Crippen LogP contribution in [0.5, 0.6) is 11.5 Å². The van der Waals surface area contributed by atoms with Crippen LogP contribution in [0.1, 0.15) is 0 Å². The fourth-order valence-electron chi connectivity index (χ4n) is 1.24. The fourth-order valence-corrected chi connectivity index (χ4v) is 1.49. The van der Waals surface area contributed by atoms with Crippen LogP contribution in [0.3, 0.4) is 0 Å². The minimum atomic E-state index is -0.354. The van der Waals surface area contributed by atoms with Gasteiger partial charge >= 0.3 is 0 Å². The Bertz CT molecular complexity index is 562. The molecule has 2 aromatic rings. The normalized spacial score (nSPS) is 10.6. The maximum Gasteiger partial charge on any atom is 0.249 e. The lowest BCUT2D eigenvalue weighted by Gasteiger charge is -2.02. The molecule has 72 valence electrons. The molecule has 3 N–H and O–H groups in total. The number of fused-ring (bicyclic) bond motifs is 1. The van der Waals surface area contributed by atoms with E-state index >= 15 is 0 Å². The Kier molecular flexibility index (Phi) is 1.86. The van der Waals surface area contributed by atoms with E-state index in [2.05, 4.69) is 4.98 Å². The van der Waals surface area contributed by atoms with E-state index in [9.17, 15) is 15.0 Å². The molecule has 0 saturated heterocycles. The molecule has 0 bridgehead atoms. The molecule has 0 aliphatic rings. The molecule has 5 heteroatoms. The maximum atomic E-state index is 11.0. The number of phenolic OH excluding ortho intramolecular Hbond substituents is 2. The minimum Gasteiger partial charge on any atom is -0.504 e.